The minimum Gasteiger partial charge on any atom is -0.224 e. The van der Waals surface area contributed by atoms with E-state index in [1.165, 1.54) is 0 Å². The van der Waals surface area contributed by atoms with Gasteiger partial charge in [0.2, 0.25) is 0 Å². The van der Waals surface area contributed by atoms with Gasteiger partial charge in [0, 0.05) is 12.8 Å². The van der Waals surface area contributed by atoms with E-state index in [0.29, 0.717) is 0 Å². The molecule has 0 nitrogen and oxygen atoms in total. The predicted molar refractivity (Wildman–Crippen MR) is 50.3 cm³/mol. The van der Waals surface area contributed by atoms with Crippen LogP contribution in [0.4, 0.5) is 61.5 Å². The maximum Gasteiger partial charge on any atom is 0.431 e. The van der Waals surface area contributed by atoms with E-state index in [0.717, 1.165) is 0 Å². The highest BCUT2D eigenvalue weighted by atomic mass is 19.4. The molecule has 0 saturated heterocycles. The molecule has 0 fully saturated rings. The summed E-state index contributed by atoms with van der Waals surface area (Å²) < 4.78 is 173. The minimum absolute atomic E-state index is 0.0115. The molecule has 14 heteroatoms. The van der Waals surface area contributed by atoms with Crippen molar-refractivity contribution in [3.63, 3.8) is 0 Å². The Kier molecular flexibility index (Phi) is 5.83. The largest absolute Gasteiger partial charge is 0.431 e. The van der Waals surface area contributed by atoms with Crippen LogP contribution in [-0.4, -0.2) is 36.0 Å². The first-order valence-corrected chi connectivity index (χ1v) is 5.75. The molecule has 0 saturated carbocycles. The van der Waals surface area contributed by atoms with E-state index in [1.807, 2.05) is 0 Å². The second-order valence-electron chi connectivity index (χ2n) is 5.11. The Balaban J connectivity index is 5.69. The topological polar surface area (TPSA) is 0 Å². The summed E-state index contributed by atoms with van der Waals surface area (Å²) in [5, 5.41) is 0. The molecule has 0 heterocycles. The third-order valence-electron chi connectivity index (χ3n) is 3.06. The van der Waals surface area contributed by atoms with Gasteiger partial charge in [0.15, 0.2) is 0 Å². The molecule has 24 heavy (non-hydrogen) atoms. The van der Waals surface area contributed by atoms with Crippen LogP contribution in [-0.2, 0) is 0 Å². The molecule has 0 N–H and O–H groups in total. The highest BCUT2D eigenvalue weighted by molar-refractivity contribution is 5.00. The normalized spacial score (nSPS) is 16.0. The van der Waals surface area contributed by atoms with E-state index in [9.17, 15) is 61.5 Å². The molecule has 0 aliphatic rings. The monoisotopic (exact) mass is 394 g/mol. The van der Waals surface area contributed by atoms with Crippen LogP contribution in [0, 0.1) is 5.92 Å². The van der Waals surface area contributed by atoms with Crippen molar-refractivity contribution in [1.82, 2.24) is 0 Å². The lowest BCUT2D eigenvalue weighted by Gasteiger charge is -2.35. The number of halogens is 14. The van der Waals surface area contributed by atoms with E-state index in [2.05, 4.69) is 0 Å². The van der Waals surface area contributed by atoms with Gasteiger partial charge >= 0.3 is 24.7 Å². The van der Waals surface area contributed by atoms with Crippen LogP contribution >= 0.6 is 0 Å². The van der Waals surface area contributed by atoms with E-state index < -0.39 is 54.8 Å². The maximum atomic E-state index is 13.3. The lowest BCUT2D eigenvalue weighted by Crippen LogP contribution is -2.57. The van der Waals surface area contributed by atoms with Crippen molar-refractivity contribution in [2.24, 2.45) is 5.92 Å². The lowest BCUT2D eigenvalue weighted by molar-refractivity contribution is -0.356. The molecule has 0 atom stereocenters. The molecule has 0 aromatic rings. The molecule has 146 valence electrons. The quantitative estimate of drug-likeness (QED) is 0.508. The fourth-order valence-corrected chi connectivity index (χ4v) is 1.82. The van der Waals surface area contributed by atoms with Gasteiger partial charge in [-0.1, -0.05) is 6.92 Å². The van der Waals surface area contributed by atoms with Crippen molar-refractivity contribution in [2.45, 2.75) is 55.8 Å². The predicted octanol–water partition coefficient (Wildman–Crippen LogP) is 6.07. The summed E-state index contributed by atoms with van der Waals surface area (Å²) in [7, 11) is 0. The zero-order valence-corrected chi connectivity index (χ0v) is 11.3. The Morgan fingerprint density at radius 2 is 0.625 bits per heavy atom. The summed E-state index contributed by atoms with van der Waals surface area (Å²) in [4.78, 5) is 0. The Labute approximate surface area is 124 Å². The average molecular weight is 394 g/mol. The number of hydrogen-bond donors (Lipinski definition) is 0. The minimum atomic E-state index is -6.67. The third-order valence-corrected chi connectivity index (χ3v) is 3.06. The summed E-state index contributed by atoms with van der Waals surface area (Å²) >= 11 is 0. The van der Waals surface area contributed by atoms with Gasteiger partial charge in [-0.25, -0.2) is 8.78 Å². The highest BCUT2D eigenvalue weighted by Gasteiger charge is 2.75. The molecular formula is C10H8F14. The van der Waals surface area contributed by atoms with Gasteiger partial charge in [-0.15, -0.1) is 0 Å². The number of rotatable bonds is 4. The fourth-order valence-electron chi connectivity index (χ4n) is 1.82. The van der Waals surface area contributed by atoms with Crippen LogP contribution in [0.25, 0.3) is 0 Å². The van der Waals surface area contributed by atoms with Gasteiger partial charge in [0.1, 0.15) is 0 Å². The maximum absolute atomic E-state index is 13.3. The van der Waals surface area contributed by atoms with Gasteiger partial charge in [0.25, 0.3) is 11.3 Å². The second-order valence-corrected chi connectivity index (χ2v) is 5.11. The lowest BCUT2D eigenvalue weighted by atomic mass is 9.84. The van der Waals surface area contributed by atoms with Gasteiger partial charge in [0.05, 0.1) is 0 Å². The van der Waals surface area contributed by atoms with Gasteiger partial charge in [-0.2, -0.15) is 52.7 Å². The average Bonchev–Trinajstić information content (AvgIpc) is 2.21. The van der Waals surface area contributed by atoms with Crippen molar-refractivity contribution in [3.05, 3.63) is 0 Å². The number of hydrogen-bond acceptors (Lipinski definition) is 0. The SMILES string of the molecule is CC(CC(F)(C(F)(F)F)C(F)(F)F)CC(F)(C(F)(F)F)C(F)(F)F. The summed E-state index contributed by atoms with van der Waals surface area (Å²) in [5.41, 5.74) is -12.2. The highest BCUT2D eigenvalue weighted by Crippen LogP contribution is 2.54. The number of alkyl halides is 14. The van der Waals surface area contributed by atoms with Crippen LogP contribution < -0.4 is 0 Å². The molecule has 0 unspecified atom stereocenters. The van der Waals surface area contributed by atoms with Crippen LogP contribution in [0.15, 0.2) is 0 Å². The first-order valence-electron chi connectivity index (χ1n) is 5.75. The summed E-state index contributed by atoms with van der Waals surface area (Å²) in [6, 6.07) is 0. The Hall–Kier alpha value is -0.980. The van der Waals surface area contributed by atoms with Crippen LogP contribution in [0.5, 0.6) is 0 Å². The molecule has 0 radical (unpaired) electrons. The molecule has 0 rings (SSSR count). The van der Waals surface area contributed by atoms with Crippen LogP contribution in [0.2, 0.25) is 0 Å². The van der Waals surface area contributed by atoms with Crippen LogP contribution in [0.3, 0.4) is 0 Å². The van der Waals surface area contributed by atoms with E-state index in [4.69, 9.17) is 0 Å². The second kappa shape index (κ2) is 6.07. The molecule has 0 aliphatic carbocycles. The molecule has 0 amide bonds. The first-order chi connectivity index (χ1) is 10.1. The Bertz CT molecular complexity index is 353. The van der Waals surface area contributed by atoms with E-state index in [1.54, 1.807) is 0 Å². The Morgan fingerprint density at radius 1 is 0.458 bits per heavy atom. The van der Waals surface area contributed by atoms with E-state index >= 15 is 0 Å². The molecule has 0 aromatic carbocycles. The summed E-state index contributed by atoms with van der Waals surface area (Å²) in [6.07, 6.45) is -32.4. The standard InChI is InChI=1S/C10H8F14/c1-4(2-5(11,7(13,14)15)8(16,17)18)3-6(12,9(19,20)21)10(22,23)24/h4H,2-3H2,1H3. The van der Waals surface area contributed by atoms with Gasteiger partial charge in [-0.05, 0) is 5.92 Å². The molecule has 0 spiro atoms. The summed E-state index contributed by atoms with van der Waals surface area (Å²) in [6.45, 7) is 0.0115. The summed E-state index contributed by atoms with van der Waals surface area (Å²) in [5.74, 6) is -2.91. The van der Waals surface area contributed by atoms with Gasteiger partial charge < -0.3 is 0 Å². The Morgan fingerprint density at radius 3 is 0.750 bits per heavy atom. The van der Waals surface area contributed by atoms with Gasteiger partial charge in [-0.3, -0.25) is 0 Å². The molecule has 0 bridgehead atoms. The third kappa shape index (κ3) is 4.16. The van der Waals surface area contributed by atoms with E-state index in [-0.39, 0.29) is 6.92 Å². The molecule has 0 aliphatic heterocycles. The van der Waals surface area contributed by atoms with Crippen molar-refractivity contribution in [3.8, 4) is 0 Å². The van der Waals surface area contributed by atoms with Crippen molar-refractivity contribution in [1.29, 1.82) is 0 Å². The zero-order valence-electron chi connectivity index (χ0n) is 11.3. The van der Waals surface area contributed by atoms with Crippen molar-refractivity contribution in [2.75, 3.05) is 0 Å². The smallest absolute Gasteiger partial charge is 0.224 e. The molecule has 0 aromatic heterocycles. The fraction of sp³-hybridized carbons (Fsp3) is 1.00. The first kappa shape index (κ1) is 23.0. The van der Waals surface area contributed by atoms with Crippen LogP contribution in [0.1, 0.15) is 19.8 Å². The zero-order chi connectivity index (χ0) is 20.0. The van der Waals surface area contributed by atoms with Crippen molar-refractivity contribution >= 4 is 0 Å². The van der Waals surface area contributed by atoms with Crippen molar-refractivity contribution < 1.29 is 61.5 Å². The molecular weight excluding hydrogens is 386 g/mol.